The van der Waals surface area contributed by atoms with Crippen molar-refractivity contribution in [2.45, 2.75) is 24.6 Å². The fourth-order valence-corrected chi connectivity index (χ4v) is 3.52. The Morgan fingerprint density at radius 1 is 1.47 bits per heavy atom. The molecule has 1 heterocycles. The van der Waals surface area contributed by atoms with Crippen LogP contribution in [-0.4, -0.2) is 56.2 Å². The van der Waals surface area contributed by atoms with E-state index in [0.717, 1.165) is 6.42 Å². The second kappa shape index (κ2) is 5.52. The molecule has 90 valence electrons. The third kappa shape index (κ3) is 3.94. The quantitative estimate of drug-likeness (QED) is 0.768. The molecule has 1 saturated heterocycles. The Balaban J connectivity index is 2.27. The zero-order valence-corrected chi connectivity index (χ0v) is 11.2. The van der Waals surface area contributed by atoms with Gasteiger partial charge in [-0.25, -0.2) is 12.7 Å². The molecule has 0 saturated carbocycles. The van der Waals surface area contributed by atoms with Gasteiger partial charge in [0.2, 0.25) is 10.0 Å². The van der Waals surface area contributed by atoms with Gasteiger partial charge < -0.3 is 5.32 Å². The summed E-state index contributed by atoms with van der Waals surface area (Å²) >= 11 is 1.95. The normalized spacial score (nSPS) is 27.5. The smallest absolute Gasteiger partial charge is 0.214 e. The number of sulfonamides is 1. The summed E-state index contributed by atoms with van der Waals surface area (Å²) in [6.45, 7) is 2.74. The molecule has 0 bridgehead atoms. The zero-order chi connectivity index (χ0) is 11.5. The van der Waals surface area contributed by atoms with E-state index in [2.05, 4.69) is 12.2 Å². The molecule has 0 aromatic carbocycles. The van der Waals surface area contributed by atoms with Crippen LogP contribution < -0.4 is 5.32 Å². The van der Waals surface area contributed by atoms with Gasteiger partial charge in [-0.3, -0.25) is 0 Å². The topological polar surface area (TPSA) is 49.4 Å². The van der Waals surface area contributed by atoms with E-state index in [-0.39, 0.29) is 5.75 Å². The minimum absolute atomic E-state index is 0.188. The van der Waals surface area contributed by atoms with Gasteiger partial charge >= 0.3 is 0 Å². The minimum Gasteiger partial charge on any atom is -0.312 e. The van der Waals surface area contributed by atoms with Crippen LogP contribution in [-0.2, 0) is 10.0 Å². The van der Waals surface area contributed by atoms with Crippen molar-refractivity contribution in [3.05, 3.63) is 0 Å². The van der Waals surface area contributed by atoms with Crippen molar-refractivity contribution in [2.24, 2.45) is 0 Å². The van der Waals surface area contributed by atoms with Gasteiger partial charge in [0.25, 0.3) is 0 Å². The van der Waals surface area contributed by atoms with Crippen molar-refractivity contribution in [1.29, 1.82) is 0 Å². The highest BCUT2D eigenvalue weighted by atomic mass is 32.2. The van der Waals surface area contributed by atoms with Gasteiger partial charge in [-0.05, 0) is 12.2 Å². The summed E-state index contributed by atoms with van der Waals surface area (Å²) in [5.41, 5.74) is 0. The van der Waals surface area contributed by atoms with Gasteiger partial charge in [-0.2, -0.15) is 11.8 Å². The zero-order valence-electron chi connectivity index (χ0n) is 9.56. The first kappa shape index (κ1) is 13.3. The highest BCUT2D eigenvalue weighted by molar-refractivity contribution is 8.00. The average Bonchev–Trinajstić information content (AvgIpc) is 2.51. The third-order valence-corrected chi connectivity index (χ3v) is 5.86. The number of hydrogen-bond donors (Lipinski definition) is 1. The maximum absolute atomic E-state index is 11.5. The molecule has 2 unspecified atom stereocenters. The van der Waals surface area contributed by atoms with Crippen LogP contribution >= 0.6 is 11.8 Å². The van der Waals surface area contributed by atoms with Crippen LogP contribution in [0.1, 0.15) is 13.3 Å². The summed E-state index contributed by atoms with van der Waals surface area (Å²) in [7, 11) is 0.102. The maximum atomic E-state index is 11.5. The van der Waals surface area contributed by atoms with Crippen LogP contribution in [0.25, 0.3) is 0 Å². The van der Waals surface area contributed by atoms with Gasteiger partial charge in [0.1, 0.15) is 0 Å². The number of hydrogen-bond acceptors (Lipinski definition) is 4. The summed E-state index contributed by atoms with van der Waals surface area (Å²) in [5, 5.41) is 3.92. The van der Waals surface area contributed by atoms with E-state index in [1.807, 2.05) is 11.8 Å². The summed E-state index contributed by atoms with van der Waals surface area (Å²) in [5.74, 6) is 1.37. The van der Waals surface area contributed by atoms with Crippen LogP contribution in [0.15, 0.2) is 0 Å². The van der Waals surface area contributed by atoms with Crippen LogP contribution in [0.3, 0.4) is 0 Å². The van der Waals surface area contributed by atoms with E-state index >= 15 is 0 Å². The Bertz CT molecular complexity index is 290. The maximum Gasteiger partial charge on any atom is 0.214 e. The molecule has 0 aromatic heterocycles. The molecule has 2 atom stereocenters. The molecular formula is C9H20N2O2S2. The molecule has 15 heavy (non-hydrogen) atoms. The average molecular weight is 252 g/mol. The summed E-state index contributed by atoms with van der Waals surface area (Å²) in [6, 6.07) is 0.479. The highest BCUT2D eigenvalue weighted by Crippen LogP contribution is 2.25. The first-order valence-corrected chi connectivity index (χ1v) is 7.84. The van der Waals surface area contributed by atoms with E-state index in [1.165, 1.54) is 10.1 Å². The van der Waals surface area contributed by atoms with Gasteiger partial charge in [0.05, 0.1) is 5.75 Å². The van der Waals surface area contributed by atoms with Crippen molar-refractivity contribution < 1.29 is 8.42 Å². The molecule has 1 rings (SSSR count). The number of nitrogens with zero attached hydrogens (tertiary/aromatic N) is 1. The number of nitrogens with one attached hydrogen (secondary N) is 1. The van der Waals surface area contributed by atoms with Crippen LogP contribution in [0.4, 0.5) is 0 Å². The molecule has 0 aliphatic carbocycles. The van der Waals surface area contributed by atoms with Crippen LogP contribution in [0.5, 0.6) is 0 Å². The van der Waals surface area contributed by atoms with Gasteiger partial charge in [-0.1, -0.05) is 6.92 Å². The largest absolute Gasteiger partial charge is 0.312 e. The second-order valence-electron chi connectivity index (χ2n) is 4.02. The Morgan fingerprint density at radius 2 is 2.13 bits per heavy atom. The van der Waals surface area contributed by atoms with Gasteiger partial charge in [0.15, 0.2) is 0 Å². The molecule has 0 aromatic rings. The van der Waals surface area contributed by atoms with Crippen molar-refractivity contribution >= 4 is 21.8 Å². The lowest BCUT2D eigenvalue weighted by Crippen LogP contribution is -2.38. The fourth-order valence-electron chi connectivity index (χ4n) is 1.56. The monoisotopic (exact) mass is 252 g/mol. The molecule has 1 aliphatic rings. The molecule has 4 nitrogen and oxygen atoms in total. The van der Waals surface area contributed by atoms with E-state index in [0.29, 0.717) is 17.8 Å². The third-order valence-electron chi connectivity index (χ3n) is 2.70. The lowest BCUT2D eigenvalue weighted by molar-refractivity contribution is 0.501. The molecular weight excluding hydrogens is 232 g/mol. The van der Waals surface area contributed by atoms with Gasteiger partial charge in [0, 0.05) is 31.9 Å². The number of thioether (sulfide) groups is 1. The predicted molar refractivity (Wildman–Crippen MR) is 65.8 cm³/mol. The lowest BCUT2D eigenvalue weighted by Gasteiger charge is -2.17. The first-order valence-electron chi connectivity index (χ1n) is 5.18. The first-order chi connectivity index (χ1) is 6.93. The van der Waals surface area contributed by atoms with Crippen molar-refractivity contribution in [3.63, 3.8) is 0 Å². The van der Waals surface area contributed by atoms with Crippen molar-refractivity contribution in [2.75, 3.05) is 32.1 Å². The lowest BCUT2D eigenvalue weighted by atomic mass is 10.2. The van der Waals surface area contributed by atoms with E-state index < -0.39 is 10.0 Å². The molecule has 1 aliphatic heterocycles. The summed E-state index contributed by atoms with van der Waals surface area (Å²) in [4.78, 5) is 0. The van der Waals surface area contributed by atoms with E-state index in [4.69, 9.17) is 0 Å². The highest BCUT2D eigenvalue weighted by Gasteiger charge is 2.23. The van der Waals surface area contributed by atoms with E-state index in [9.17, 15) is 8.42 Å². The molecule has 1 fully saturated rings. The van der Waals surface area contributed by atoms with E-state index in [1.54, 1.807) is 14.1 Å². The van der Waals surface area contributed by atoms with Gasteiger partial charge in [-0.15, -0.1) is 0 Å². The Labute approximate surface area is 96.8 Å². The second-order valence-corrected chi connectivity index (χ2v) is 7.81. The number of rotatable bonds is 5. The van der Waals surface area contributed by atoms with Crippen LogP contribution in [0, 0.1) is 0 Å². The molecule has 0 spiro atoms. The molecule has 6 heteroatoms. The van der Waals surface area contributed by atoms with Crippen LogP contribution in [0.2, 0.25) is 0 Å². The molecule has 1 N–H and O–H groups in total. The summed E-state index contributed by atoms with van der Waals surface area (Å²) < 4.78 is 24.2. The molecule has 0 amide bonds. The fraction of sp³-hybridized carbons (Fsp3) is 1.00. The predicted octanol–water partition coefficient (Wildman–Crippen LogP) is 0.361. The standard InChI is InChI=1S/C9H20N2O2S2/c1-8-9(4-6-14-8)10-5-7-15(12,13)11(2)3/h8-10H,4-7H2,1-3H3. The minimum atomic E-state index is -3.04. The summed E-state index contributed by atoms with van der Waals surface area (Å²) in [6.07, 6.45) is 1.15. The Morgan fingerprint density at radius 3 is 2.60 bits per heavy atom. The Hall–Kier alpha value is 0.220. The van der Waals surface area contributed by atoms with Crippen molar-refractivity contribution in [1.82, 2.24) is 9.62 Å². The SMILES string of the molecule is CC1SCCC1NCCS(=O)(=O)N(C)C. The Kier molecular flexibility index (Phi) is 4.89. The molecule has 0 radical (unpaired) electrons. The van der Waals surface area contributed by atoms with Crippen molar-refractivity contribution in [3.8, 4) is 0 Å².